The smallest absolute Gasteiger partial charge is 0.114 e. The minimum absolute atomic E-state index is 0.0593. The number of H-pyrrole nitrogens is 1. The Bertz CT molecular complexity index is 602. The molecule has 5 heteroatoms. The quantitative estimate of drug-likeness (QED) is 0.893. The number of aromatic nitrogens is 2. The lowest BCUT2D eigenvalue weighted by Crippen LogP contribution is -2.41. The lowest BCUT2D eigenvalue weighted by molar-refractivity contribution is 0.0503. The number of fused-ring (bicyclic) bond motifs is 1. The molecule has 0 spiro atoms. The molecule has 3 N–H and O–H groups in total. The number of aryl methyl sites for hydroxylation is 1. The molecule has 0 unspecified atom stereocenters. The zero-order chi connectivity index (χ0) is 13.5. The Morgan fingerprint density at radius 3 is 2.84 bits per heavy atom. The van der Waals surface area contributed by atoms with E-state index in [-0.39, 0.29) is 5.41 Å². The highest BCUT2D eigenvalue weighted by Gasteiger charge is 2.36. The molecule has 2 heterocycles. The average molecular weight is 324 g/mol. The first kappa shape index (κ1) is 13.1. The normalized spacial score (nSPS) is 18.9. The number of nitrogens with zero attached hydrogens (tertiary/aromatic N) is 1. The van der Waals surface area contributed by atoms with Crippen LogP contribution in [0.15, 0.2) is 16.6 Å². The van der Waals surface area contributed by atoms with Crippen LogP contribution in [-0.4, -0.2) is 29.7 Å². The van der Waals surface area contributed by atoms with Gasteiger partial charge in [0.05, 0.1) is 11.0 Å². The summed E-state index contributed by atoms with van der Waals surface area (Å²) < 4.78 is 6.53. The monoisotopic (exact) mass is 323 g/mol. The second-order valence-corrected chi connectivity index (χ2v) is 6.22. The summed E-state index contributed by atoms with van der Waals surface area (Å²) in [6, 6.07) is 4.16. The summed E-state index contributed by atoms with van der Waals surface area (Å²) in [4.78, 5) is 8.27. The van der Waals surface area contributed by atoms with Gasteiger partial charge in [0, 0.05) is 29.6 Å². The third-order valence-electron chi connectivity index (χ3n) is 4.08. The van der Waals surface area contributed by atoms with Gasteiger partial charge >= 0.3 is 0 Å². The molecule has 2 aromatic rings. The van der Waals surface area contributed by atoms with Crippen LogP contribution in [0.25, 0.3) is 11.0 Å². The van der Waals surface area contributed by atoms with E-state index in [1.54, 1.807) is 0 Å². The van der Waals surface area contributed by atoms with Crippen LogP contribution in [0.2, 0.25) is 0 Å². The zero-order valence-electron chi connectivity index (χ0n) is 11.0. The summed E-state index contributed by atoms with van der Waals surface area (Å²) in [5, 5.41) is 0. The molecule has 1 aliphatic rings. The van der Waals surface area contributed by atoms with E-state index in [1.807, 2.05) is 0 Å². The topological polar surface area (TPSA) is 63.9 Å². The molecular formula is C14H18BrN3O. The molecule has 4 nitrogen and oxygen atoms in total. The molecule has 1 aliphatic heterocycles. The van der Waals surface area contributed by atoms with E-state index in [9.17, 15) is 0 Å². The lowest BCUT2D eigenvalue weighted by atomic mass is 9.79. The molecule has 0 atom stereocenters. The van der Waals surface area contributed by atoms with Crippen molar-refractivity contribution in [2.45, 2.75) is 25.2 Å². The third-order valence-corrected chi connectivity index (χ3v) is 4.54. The summed E-state index contributed by atoms with van der Waals surface area (Å²) in [7, 11) is 0. The molecule has 0 bridgehead atoms. The number of nitrogens with two attached hydrogens (primary N) is 1. The molecule has 1 fully saturated rings. The van der Waals surface area contributed by atoms with Crippen LogP contribution in [0.1, 0.15) is 24.2 Å². The van der Waals surface area contributed by atoms with Crippen LogP contribution < -0.4 is 5.73 Å². The zero-order valence-corrected chi connectivity index (χ0v) is 12.6. The van der Waals surface area contributed by atoms with Crippen LogP contribution in [0.5, 0.6) is 0 Å². The molecule has 1 aromatic carbocycles. The van der Waals surface area contributed by atoms with Gasteiger partial charge in [0.15, 0.2) is 0 Å². The van der Waals surface area contributed by atoms with E-state index in [1.165, 1.54) is 5.56 Å². The van der Waals surface area contributed by atoms with Gasteiger partial charge in [-0.3, -0.25) is 0 Å². The van der Waals surface area contributed by atoms with E-state index in [0.717, 1.165) is 47.4 Å². The van der Waals surface area contributed by atoms with Crippen molar-refractivity contribution in [3.8, 4) is 0 Å². The number of rotatable bonds is 2. The Morgan fingerprint density at radius 1 is 1.42 bits per heavy atom. The first-order valence-electron chi connectivity index (χ1n) is 6.59. The van der Waals surface area contributed by atoms with E-state index < -0.39 is 0 Å². The average Bonchev–Trinajstić information content (AvgIpc) is 2.84. The molecular weight excluding hydrogens is 306 g/mol. The maximum absolute atomic E-state index is 6.04. The van der Waals surface area contributed by atoms with Crippen LogP contribution >= 0.6 is 15.9 Å². The Balaban J connectivity index is 2.11. The van der Waals surface area contributed by atoms with Gasteiger partial charge in [-0.05, 0) is 37.5 Å². The predicted octanol–water partition coefficient (Wildman–Crippen LogP) is 2.64. The standard InChI is InChI=1S/C14H18BrN3O/c1-9-6-10(15)7-11-12(9)18-13(17-11)14(8-16)2-4-19-5-3-14/h6-7H,2-5,8,16H2,1H3,(H,17,18). The molecule has 0 radical (unpaired) electrons. The summed E-state index contributed by atoms with van der Waals surface area (Å²) in [5.41, 5.74) is 9.26. The van der Waals surface area contributed by atoms with Crippen molar-refractivity contribution in [2.24, 2.45) is 5.73 Å². The van der Waals surface area contributed by atoms with E-state index >= 15 is 0 Å². The summed E-state index contributed by atoms with van der Waals surface area (Å²) in [6.07, 6.45) is 1.87. The Kier molecular flexibility index (Phi) is 3.37. The highest BCUT2D eigenvalue weighted by atomic mass is 79.9. The van der Waals surface area contributed by atoms with Gasteiger partial charge in [-0.1, -0.05) is 15.9 Å². The first-order chi connectivity index (χ1) is 9.14. The maximum Gasteiger partial charge on any atom is 0.114 e. The number of imidazole rings is 1. The fourth-order valence-corrected chi connectivity index (χ4v) is 3.37. The molecule has 102 valence electrons. The van der Waals surface area contributed by atoms with Gasteiger partial charge < -0.3 is 15.5 Å². The van der Waals surface area contributed by atoms with Crippen LogP contribution in [0.4, 0.5) is 0 Å². The molecule has 19 heavy (non-hydrogen) atoms. The molecule has 0 saturated carbocycles. The minimum Gasteiger partial charge on any atom is -0.381 e. The van der Waals surface area contributed by atoms with Gasteiger partial charge in [-0.2, -0.15) is 0 Å². The van der Waals surface area contributed by atoms with Crippen molar-refractivity contribution < 1.29 is 4.74 Å². The molecule has 0 aliphatic carbocycles. The summed E-state index contributed by atoms with van der Waals surface area (Å²) in [6.45, 7) is 4.21. The molecule has 1 saturated heterocycles. The second-order valence-electron chi connectivity index (χ2n) is 5.30. The van der Waals surface area contributed by atoms with Gasteiger partial charge in [-0.25, -0.2) is 4.98 Å². The highest BCUT2D eigenvalue weighted by Crippen LogP contribution is 2.34. The minimum atomic E-state index is -0.0593. The van der Waals surface area contributed by atoms with Crippen molar-refractivity contribution in [3.05, 3.63) is 28.0 Å². The fraction of sp³-hybridized carbons (Fsp3) is 0.500. The number of hydrogen-bond acceptors (Lipinski definition) is 3. The lowest BCUT2D eigenvalue weighted by Gasteiger charge is -2.34. The van der Waals surface area contributed by atoms with Crippen LogP contribution in [0, 0.1) is 6.92 Å². The molecule has 1 aromatic heterocycles. The highest BCUT2D eigenvalue weighted by molar-refractivity contribution is 9.10. The van der Waals surface area contributed by atoms with Gasteiger partial charge in [0.25, 0.3) is 0 Å². The number of nitrogens with one attached hydrogen (secondary N) is 1. The number of ether oxygens (including phenoxy) is 1. The van der Waals surface area contributed by atoms with E-state index in [2.05, 4.69) is 40.0 Å². The Hall–Kier alpha value is -0.910. The first-order valence-corrected chi connectivity index (χ1v) is 7.38. The number of halogens is 1. The number of hydrogen-bond donors (Lipinski definition) is 2. The van der Waals surface area contributed by atoms with Crippen LogP contribution in [-0.2, 0) is 10.2 Å². The predicted molar refractivity (Wildman–Crippen MR) is 79.3 cm³/mol. The molecule has 0 amide bonds. The largest absolute Gasteiger partial charge is 0.381 e. The van der Waals surface area contributed by atoms with Crippen LogP contribution in [0.3, 0.4) is 0 Å². The Morgan fingerprint density at radius 2 is 2.16 bits per heavy atom. The van der Waals surface area contributed by atoms with Gasteiger partial charge in [0.2, 0.25) is 0 Å². The van der Waals surface area contributed by atoms with Crippen molar-refractivity contribution >= 4 is 27.0 Å². The fourth-order valence-electron chi connectivity index (χ4n) is 2.80. The summed E-state index contributed by atoms with van der Waals surface area (Å²) >= 11 is 3.53. The molecule has 3 rings (SSSR count). The third kappa shape index (κ3) is 2.20. The van der Waals surface area contributed by atoms with Gasteiger partial charge in [0.1, 0.15) is 5.82 Å². The van der Waals surface area contributed by atoms with Crippen molar-refractivity contribution in [1.29, 1.82) is 0 Å². The van der Waals surface area contributed by atoms with Gasteiger partial charge in [-0.15, -0.1) is 0 Å². The SMILES string of the molecule is Cc1cc(Br)cc2[nH]c(C3(CN)CCOCC3)nc12. The van der Waals surface area contributed by atoms with E-state index in [4.69, 9.17) is 15.5 Å². The number of benzene rings is 1. The number of aromatic amines is 1. The van der Waals surface area contributed by atoms with Crippen molar-refractivity contribution in [3.63, 3.8) is 0 Å². The van der Waals surface area contributed by atoms with Crippen molar-refractivity contribution in [1.82, 2.24) is 9.97 Å². The second kappa shape index (κ2) is 4.89. The van der Waals surface area contributed by atoms with E-state index in [0.29, 0.717) is 6.54 Å². The maximum atomic E-state index is 6.04. The van der Waals surface area contributed by atoms with Crippen molar-refractivity contribution in [2.75, 3.05) is 19.8 Å². The summed E-state index contributed by atoms with van der Waals surface area (Å²) in [5.74, 6) is 1.01. The Labute approximate surface area is 120 Å².